The highest BCUT2D eigenvalue weighted by molar-refractivity contribution is 6.32. The first-order valence-corrected chi connectivity index (χ1v) is 7.19. The number of phenolic OH excluding ortho intramolecular Hbond substituents is 1. The summed E-state index contributed by atoms with van der Waals surface area (Å²) in [6, 6.07) is 1.65. The lowest BCUT2D eigenvalue weighted by Crippen LogP contribution is -2.44. The molecule has 0 aliphatic heterocycles. The van der Waals surface area contributed by atoms with Crippen molar-refractivity contribution in [2.45, 2.75) is 38.8 Å². The fourth-order valence-corrected chi connectivity index (χ4v) is 2.02. The van der Waals surface area contributed by atoms with Crippen molar-refractivity contribution in [2.24, 2.45) is 0 Å². The number of alkyl carbamates (subject to hydrolysis) is 1. The minimum atomic E-state index is -1.22. The van der Waals surface area contributed by atoms with Gasteiger partial charge in [-0.25, -0.2) is 9.59 Å². The lowest BCUT2D eigenvalue weighted by molar-refractivity contribution is -0.139. The minimum absolute atomic E-state index is 0.0285. The number of hydrogen-bond acceptors (Lipinski definition) is 5. The Kier molecular flexibility index (Phi) is 6.09. The van der Waals surface area contributed by atoms with Crippen molar-refractivity contribution in [2.75, 3.05) is 7.11 Å². The zero-order valence-corrected chi connectivity index (χ0v) is 14.1. The normalized spacial score (nSPS) is 12.4. The van der Waals surface area contributed by atoms with Gasteiger partial charge in [-0.1, -0.05) is 11.6 Å². The molecule has 0 spiro atoms. The van der Waals surface area contributed by atoms with Crippen molar-refractivity contribution in [3.05, 3.63) is 22.7 Å². The van der Waals surface area contributed by atoms with E-state index >= 15 is 0 Å². The lowest BCUT2D eigenvalue weighted by atomic mass is 10.1. The van der Waals surface area contributed by atoms with Gasteiger partial charge in [-0.3, -0.25) is 0 Å². The molecule has 7 nitrogen and oxygen atoms in total. The number of carboxylic acid groups (broad SMARTS) is 1. The molecule has 1 aromatic rings. The maximum Gasteiger partial charge on any atom is 0.408 e. The number of carbonyl (C=O) groups excluding carboxylic acids is 1. The number of aromatic hydroxyl groups is 1. The smallest absolute Gasteiger partial charge is 0.408 e. The van der Waals surface area contributed by atoms with E-state index in [9.17, 15) is 19.8 Å². The van der Waals surface area contributed by atoms with Gasteiger partial charge in [-0.15, -0.1) is 0 Å². The minimum Gasteiger partial charge on any atom is -0.503 e. The van der Waals surface area contributed by atoms with Crippen LogP contribution in [0.2, 0.25) is 5.02 Å². The summed E-state index contributed by atoms with van der Waals surface area (Å²) in [7, 11) is 1.35. The number of rotatable bonds is 5. The third-order valence-electron chi connectivity index (χ3n) is 2.74. The molecule has 1 unspecified atom stereocenters. The fraction of sp³-hybridized carbons (Fsp3) is 0.467. The summed E-state index contributed by atoms with van der Waals surface area (Å²) in [5.74, 6) is -1.34. The van der Waals surface area contributed by atoms with Crippen LogP contribution in [0.4, 0.5) is 4.79 Å². The Labute approximate surface area is 139 Å². The van der Waals surface area contributed by atoms with Crippen LogP contribution in [-0.4, -0.2) is 41.0 Å². The van der Waals surface area contributed by atoms with E-state index in [0.717, 1.165) is 0 Å². The summed E-state index contributed by atoms with van der Waals surface area (Å²) in [6.07, 6.45) is -0.882. The number of nitrogens with one attached hydrogen (secondary N) is 1. The monoisotopic (exact) mass is 345 g/mol. The molecule has 0 saturated carbocycles. The van der Waals surface area contributed by atoms with Crippen molar-refractivity contribution in [3.8, 4) is 11.5 Å². The summed E-state index contributed by atoms with van der Waals surface area (Å²) >= 11 is 5.86. The van der Waals surface area contributed by atoms with Crippen LogP contribution in [0.3, 0.4) is 0 Å². The molecule has 0 heterocycles. The average molecular weight is 346 g/mol. The second-order valence-electron chi connectivity index (χ2n) is 5.87. The van der Waals surface area contributed by atoms with E-state index in [-0.39, 0.29) is 22.9 Å². The molecule has 1 amide bonds. The maximum absolute atomic E-state index is 11.7. The number of methoxy groups -OCH3 is 1. The Hall–Kier alpha value is -2.15. The topological polar surface area (TPSA) is 105 Å². The molecule has 8 heteroatoms. The Morgan fingerprint density at radius 3 is 2.43 bits per heavy atom. The molecular formula is C15H20ClNO6. The largest absolute Gasteiger partial charge is 0.503 e. The molecule has 0 saturated heterocycles. The number of hydrogen-bond donors (Lipinski definition) is 3. The van der Waals surface area contributed by atoms with Gasteiger partial charge in [0.15, 0.2) is 11.5 Å². The van der Waals surface area contributed by atoms with Crippen LogP contribution in [0.25, 0.3) is 0 Å². The molecule has 0 aliphatic rings. The molecular weight excluding hydrogens is 326 g/mol. The van der Waals surface area contributed by atoms with E-state index in [4.69, 9.17) is 21.1 Å². The highest BCUT2D eigenvalue weighted by atomic mass is 35.5. The molecule has 0 aromatic heterocycles. The number of carbonyl (C=O) groups is 2. The number of benzene rings is 1. The number of halogens is 1. The average Bonchev–Trinajstić information content (AvgIpc) is 2.39. The van der Waals surface area contributed by atoms with Gasteiger partial charge in [0.05, 0.1) is 12.1 Å². The molecule has 0 bridgehead atoms. The predicted octanol–water partition coefficient (Wildman–Crippen LogP) is 2.57. The van der Waals surface area contributed by atoms with Gasteiger partial charge in [0.25, 0.3) is 0 Å². The van der Waals surface area contributed by atoms with Gasteiger partial charge in [-0.05, 0) is 38.5 Å². The Morgan fingerprint density at radius 2 is 1.96 bits per heavy atom. The van der Waals surface area contributed by atoms with E-state index in [1.807, 2.05) is 0 Å². The molecule has 0 radical (unpaired) electrons. The fourth-order valence-electron chi connectivity index (χ4n) is 1.79. The zero-order valence-electron chi connectivity index (χ0n) is 13.3. The van der Waals surface area contributed by atoms with E-state index in [1.54, 1.807) is 20.8 Å². The number of phenols is 1. The molecule has 23 heavy (non-hydrogen) atoms. The summed E-state index contributed by atoms with van der Waals surface area (Å²) in [6.45, 7) is 5.02. The number of carboxylic acids is 1. The number of ether oxygens (including phenoxy) is 2. The van der Waals surface area contributed by atoms with Crippen LogP contribution in [0.5, 0.6) is 11.5 Å². The van der Waals surface area contributed by atoms with Crippen LogP contribution >= 0.6 is 11.6 Å². The Bertz CT molecular complexity index is 596. The van der Waals surface area contributed by atoms with Gasteiger partial charge in [0, 0.05) is 6.42 Å². The first-order chi connectivity index (χ1) is 10.5. The summed E-state index contributed by atoms with van der Waals surface area (Å²) in [5, 5.41) is 21.2. The standard InChI is InChI=1S/C15H20ClNO6/c1-15(2,3)23-14(21)17-10(13(19)20)6-8-5-9(16)12(18)11(7-8)22-4/h5,7,10,18H,6H2,1-4H3,(H,17,21)(H,19,20). The van der Waals surface area contributed by atoms with Gasteiger partial charge >= 0.3 is 12.1 Å². The third kappa shape index (κ3) is 5.86. The first-order valence-electron chi connectivity index (χ1n) is 6.81. The predicted molar refractivity (Wildman–Crippen MR) is 84.2 cm³/mol. The van der Waals surface area contributed by atoms with Gasteiger partial charge in [0.1, 0.15) is 11.6 Å². The van der Waals surface area contributed by atoms with Crippen LogP contribution in [0, 0.1) is 0 Å². The van der Waals surface area contributed by atoms with E-state index < -0.39 is 23.7 Å². The SMILES string of the molecule is COc1cc(CC(NC(=O)OC(C)(C)C)C(=O)O)cc(Cl)c1O. The van der Waals surface area contributed by atoms with Gasteiger partial charge in [-0.2, -0.15) is 0 Å². The van der Waals surface area contributed by atoms with E-state index in [0.29, 0.717) is 5.56 Å². The quantitative estimate of drug-likeness (QED) is 0.757. The number of amides is 1. The molecule has 3 N–H and O–H groups in total. The summed E-state index contributed by atoms with van der Waals surface area (Å²) in [4.78, 5) is 23.0. The zero-order chi connectivity index (χ0) is 17.8. The molecule has 1 rings (SSSR count). The molecule has 128 valence electrons. The maximum atomic E-state index is 11.7. The first kappa shape index (κ1) is 18.9. The van der Waals surface area contributed by atoms with Crippen molar-refractivity contribution in [1.29, 1.82) is 0 Å². The molecule has 1 aromatic carbocycles. The van der Waals surface area contributed by atoms with Crippen LogP contribution in [-0.2, 0) is 16.0 Å². The summed E-state index contributed by atoms with van der Waals surface area (Å²) < 4.78 is 10.0. The van der Waals surface area contributed by atoms with Crippen molar-refractivity contribution in [1.82, 2.24) is 5.32 Å². The van der Waals surface area contributed by atoms with E-state index in [1.165, 1.54) is 19.2 Å². The lowest BCUT2D eigenvalue weighted by Gasteiger charge is -2.22. The van der Waals surface area contributed by atoms with Gasteiger partial charge in [0.2, 0.25) is 0 Å². The molecule has 1 atom stereocenters. The Morgan fingerprint density at radius 1 is 1.35 bits per heavy atom. The highest BCUT2D eigenvalue weighted by Gasteiger charge is 2.25. The highest BCUT2D eigenvalue weighted by Crippen LogP contribution is 2.35. The summed E-state index contributed by atoms with van der Waals surface area (Å²) in [5.41, 5.74) is -0.258. The Balaban J connectivity index is 2.91. The second kappa shape index (κ2) is 7.41. The molecule has 0 aliphatic carbocycles. The van der Waals surface area contributed by atoms with Gasteiger partial charge < -0.3 is 25.0 Å². The van der Waals surface area contributed by atoms with Crippen LogP contribution in [0.15, 0.2) is 12.1 Å². The van der Waals surface area contributed by atoms with Crippen LogP contribution < -0.4 is 10.1 Å². The van der Waals surface area contributed by atoms with E-state index in [2.05, 4.69) is 5.32 Å². The molecule has 0 fully saturated rings. The van der Waals surface area contributed by atoms with Crippen molar-refractivity contribution < 1.29 is 29.3 Å². The van der Waals surface area contributed by atoms with Crippen molar-refractivity contribution >= 4 is 23.7 Å². The second-order valence-corrected chi connectivity index (χ2v) is 6.28. The van der Waals surface area contributed by atoms with Crippen LogP contribution in [0.1, 0.15) is 26.3 Å². The third-order valence-corrected chi connectivity index (χ3v) is 3.03. The van der Waals surface area contributed by atoms with Crippen molar-refractivity contribution in [3.63, 3.8) is 0 Å². The number of aliphatic carboxylic acids is 1.